The number of rotatable bonds is 9. The van der Waals surface area contributed by atoms with Gasteiger partial charge in [0.25, 0.3) is 0 Å². The molecule has 3 nitrogen and oxygen atoms in total. The van der Waals surface area contributed by atoms with Crippen LogP contribution < -0.4 is 5.73 Å². The predicted molar refractivity (Wildman–Crippen MR) is 76.2 cm³/mol. The van der Waals surface area contributed by atoms with Crippen molar-refractivity contribution in [2.24, 2.45) is 5.73 Å². The van der Waals surface area contributed by atoms with Crippen molar-refractivity contribution in [3.8, 4) is 0 Å². The first kappa shape index (κ1) is 16.2. The van der Waals surface area contributed by atoms with Gasteiger partial charge in [-0.2, -0.15) is 0 Å². The minimum absolute atomic E-state index is 0.143. The largest absolute Gasteiger partial charge is 0.451 e. The third-order valence-electron chi connectivity index (χ3n) is 3.22. The number of benzene rings is 1. The van der Waals surface area contributed by atoms with Crippen LogP contribution in [0.3, 0.4) is 0 Å². The van der Waals surface area contributed by atoms with Crippen molar-refractivity contribution in [1.29, 1.82) is 0 Å². The molecule has 5 heteroatoms. The van der Waals surface area contributed by atoms with E-state index < -0.39 is 7.12 Å². The van der Waals surface area contributed by atoms with Crippen LogP contribution in [0.1, 0.15) is 37.7 Å². The maximum Gasteiger partial charge on any atom is 0.451 e. The SMILES string of the molecule is NC(CCCCB(O)O)CCCc1cccc(F)c1. The molecule has 0 fully saturated rings. The normalized spacial score (nSPS) is 12.4. The van der Waals surface area contributed by atoms with Crippen LogP contribution >= 0.6 is 0 Å². The first-order chi connectivity index (χ1) is 9.08. The van der Waals surface area contributed by atoms with Gasteiger partial charge in [-0.05, 0) is 49.7 Å². The lowest BCUT2D eigenvalue weighted by Gasteiger charge is -2.11. The third-order valence-corrected chi connectivity index (χ3v) is 3.22. The lowest BCUT2D eigenvalue weighted by atomic mass is 9.83. The van der Waals surface area contributed by atoms with Gasteiger partial charge in [-0.1, -0.05) is 25.0 Å². The van der Waals surface area contributed by atoms with Gasteiger partial charge >= 0.3 is 7.12 Å². The average Bonchev–Trinajstić information content (AvgIpc) is 2.34. The molecule has 1 unspecified atom stereocenters. The number of aryl methyl sites for hydroxylation is 1. The molecule has 0 aliphatic rings. The minimum Gasteiger partial charge on any atom is -0.427 e. The zero-order valence-corrected chi connectivity index (χ0v) is 11.3. The molecule has 4 N–H and O–H groups in total. The highest BCUT2D eigenvalue weighted by Crippen LogP contribution is 2.11. The van der Waals surface area contributed by atoms with Gasteiger partial charge in [0.1, 0.15) is 5.82 Å². The van der Waals surface area contributed by atoms with Gasteiger partial charge in [0.2, 0.25) is 0 Å². The number of hydrogen-bond acceptors (Lipinski definition) is 3. The molecule has 0 aliphatic heterocycles. The molecular formula is C14H23BFNO2. The van der Waals surface area contributed by atoms with Crippen LogP contribution in [0.2, 0.25) is 6.32 Å². The highest BCUT2D eigenvalue weighted by molar-refractivity contribution is 6.40. The fraction of sp³-hybridized carbons (Fsp3) is 0.571. The summed E-state index contributed by atoms with van der Waals surface area (Å²) in [6.07, 6.45) is 5.73. The van der Waals surface area contributed by atoms with Gasteiger partial charge in [0, 0.05) is 6.04 Å². The summed E-state index contributed by atoms with van der Waals surface area (Å²) in [5.74, 6) is -0.190. The van der Waals surface area contributed by atoms with E-state index in [2.05, 4.69) is 0 Å². The van der Waals surface area contributed by atoms with E-state index in [1.54, 1.807) is 12.1 Å². The number of unbranched alkanes of at least 4 members (excludes halogenated alkanes) is 1. The Kier molecular flexibility index (Phi) is 7.71. The standard InChI is InChI=1S/C14H23BFNO2/c16-13-7-3-5-12(11-13)6-4-9-14(17)8-1-2-10-15(18)19/h3,5,7,11,14,18-19H,1-2,4,6,8-10,17H2. The van der Waals surface area contributed by atoms with Gasteiger partial charge in [0.15, 0.2) is 0 Å². The zero-order valence-electron chi connectivity index (χ0n) is 11.3. The summed E-state index contributed by atoms with van der Waals surface area (Å²) in [5, 5.41) is 17.4. The molecule has 0 amide bonds. The van der Waals surface area contributed by atoms with Gasteiger partial charge in [-0.3, -0.25) is 0 Å². The second-order valence-corrected chi connectivity index (χ2v) is 5.05. The van der Waals surface area contributed by atoms with Gasteiger partial charge in [-0.25, -0.2) is 4.39 Å². The van der Waals surface area contributed by atoms with Crippen molar-refractivity contribution >= 4 is 7.12 Å². The molecule has 1 rings (SSSR count). The number of nitrogens with two attached hydrogens (primary N) is 1. The first-order valence-corrected chi connectivity index (χ1v) is 6.94. The smallest absolute Gasteiger partial charge is 0.427 e. The Bertz CT molecular complexity index is 363. The van der Waals surface area contributed by atoms with E-state index in [0.717, 1.165) is 44.1 Å². The van der Waals surface area contributed by atoms with Crippen molar-refractivity contribution in [2.75, 3.05) is 0 Å². The average molecular weight is 267 g/mol. The quantitative estimate of drug-likeness (QED) is 0.474. The zero-order chi connectivity index (χ0) is 14.1. The van der Waals surface area contributed by atoms with E-state index in [4.69, 9.17) is 15.8 Å². The molecule has 0 saturated carbocycles. The van der Waals surface area contributed by atoms with E-state index in [9.17, 15) is 4.39 Å². The summed E-state index contributed by atoms with van der Waals surface area (Å²) in [4.78, 5) is 0. The summed E-state index contributed by atoms with van der Waals surface area (Å²) in [6, 6.07) is 6.81. The highest BCUT2D eigenvalue weighted by atomic mass is 19.1. The van der Waals surface area contributed by atoms with E-state index in [1.165, 1.54) is 6.07 Å². The first-order valence-electron chi connectivity index (χ1n) is 6.94. The van der Waals surface area contributed by atoms with Crippen LogP contribution in [0.25, 0.3) is 0 Å². The van der Waals surface area contributed by atoms with Crippen LogP contribution in [0, 0.1) is 5.82 Å². The highest BCUT2D eigenvalue weighted by Gasteiger charge is 2.07. The van der Waals surface area contributed by atoms with Crippen molar-refractivity contribution in [3.63, 3.8) is 0 Å². The fourth-order valence-electron chi connectivity index (χ4n) is 2.14. The van der Waals surface area contributed by atoms with Crippen LogP contribution in [-0.2, 0) is 6.42 Å². The Morgan fingerprint density at radius 1 is 1.16 bits per heavy atom. The molecule has 0 radical (unpaired) electrons. The molecule has 0 aromatic heterocycles. The third kappa shape index (κ3) is 7.98. The summed E-state index contributed by atoms with van der Waals surface area (Å²) < 4.78 is 13.0. The van der Waals surface area contributed by atoms with E-state index in [0.29, 0.717) is 6.32 Å². The Hall–Kier alpha value is -0.905. The molecule has 19 heavy (non-hydrogen) atoms. The monoisotopic (exact) mass is 267 g/mol. The molecule has 0 bridgehead atoms. The second kappa shape index (κ2) is 9.07. The van der Waals surface area contributed by atoms with Crippen LogP contribution in [0.15, 0.2) is 24.3 Å². The molecule has 0 heterocycles. The van der Waals surface area contributed by atoms with Crippen LogP contribution in [-0.4, -0.2) is 23.2 Å². The summed E-state index contributed by atoms with van der Waals surface area (Å²) in [7, 11) is -1.20. The predicted octanol–water partition coefficient (Wildman–Crippen LogP) is 2.12. The van der Waals surface area contributed by atoms with Crippen LogP contribution in [0.5, 0.6) is 0 Å². The van der Waals surface area contributed by atoms with Crippen molar-refractivity contribution in [3.05, 3.63) is 35.6 Å². The maximum atomic E-state index is 13.0. The maximum absolute atomic E-state index is 13.0. The van der Waals surface area contributed by atoms with Gasteiger partial charge in [0.05, 0.1) is 0 Å². The number of hydrogen-bond donors (Lipinski definition) is 3. The Morgan fingerprint density at radius 2 is 1.89 bits per heavy atom. The molecule has 1 aromatic rings. The Balaban J connectivity index is 2.08. The minimum atomic E-state index is -1.20. The molecule has 0 saturated heterocycles. The van der Waals surface area contributed by atoms with E-state index >= 15 is 0 Å². The summed E-state index contributed by atoms with van der Waals surface area (Å²) >= 11 is 0. The van der Waals surface area contributed by atoms with Crippen molar-refractivity contribution in [1.82, 2.24) is 0 Å². The molecule has 0 aliphatic carbocycles. The van der Waals surface area contributed by atoms with E-state index in [-0.39, 0.29) is 11.9 Å². The molecule has 106 valence electrons. The van der Waals surface area contributed by atoms with Gasteiger partial charge in [-0.15, -0.1) is 0 Å². The van der Waals surface area contributed by atoms with Crippen molar-refractivity contribution in [2.45, 2.75) is 50.9 Å². The van der Waals surface area contributed by atoms with Crippen LogP contribution in [0.4, 0.5) is 4.39 Å². The molecule has 1 atom stereocenters. The molecule has 0 spiro atoms. The summed E-state index contributed by atoms with van der Waals surface area (Å²) in [5.41, 5.74) is 7.00. The lowest BCUT2D eigenvalue weighted by Crippen LogP contribution is -2.20. The molecular weight excluding hydrogens is 244 g/mol. The second-order valence-electron chi connectivity index (χ2n) is 5.05. The number of halogens is 1. The molecule has 1 aromatic carbocycles. The Labute approximate surface area is 114 Å². The Morgan fingerprint density at radius 3 is 2.58 bits per heavy atom. The fourth-order valence-corrected chi connectivity index (χ4v) is 2.14. The van der Waals surface area contributed by atoms with E-state index in [1.807, 2.05) is 6.07 Å². The lowest BCUT2D eigenvalue weighted by molar-refractivity contribution is 0.400. The topological polar surface area (TPSA) is 66.5 Å². The summed E-state index contributed by atoms with van der Waals surface area (Å²) in [6.45, 7) is 0. The van der Waals surface area contributed by atoms with Crippen molar-refractivity contribution < 1.29 is 14.4 Å². The van der Waals surface area contributed by atoms with Gasteiger partial charge < -0.3 is 15.8 Å².